The summed E-state index contributed by atoms with van der Waals surface area (Å²) in [5.41, 5.74) is 6.62. The number of hydrogen-bond acceptors (Lipinski definition) is 2. The van der Waals surface area contributed by atoms with Crippen molar-refractivity contribution < 1.29 is 4.39 Å². The molecule has 2 nitrogen and oxygen atoms in total. The van der Waals surface area contributed by atoms with Crippen LogP contribution in [0.4, 0.5) is 10.1 Å². The third kappa shape index (κ3) is 3.62. The highest BCUT2D eigenvalue weighted by Gasteiger charge is 2.29. The summed E-state index contributed by atoms with van der Waals surface area (Å²) in [5, 5.41) is 7.02. The molecule has 30 heavy (non-hydrogen) atoms. The molecule has 0 N–H and O–H groups in total. The lowest BCUT2D eigenvalue weighted by molar-refractivity contribution is 0.624. The van der Waals surface area contributed by atoms with Crippen LogP contribution in [-0.2, 0) is 0 Å². The highest BCUT2D eigenvalue weighted by molar-refractivity contribution is 6.03. The highest BCUT2D eigenvalue weighted by Crippen LogP contribution is 2.36. The maximum atomic E-state index is 13.5. The maximum Gasteiger partial charge on any atom is 0.123 e. The van der Waals surface area contributed by atoms with E-state index < -0.39 is 0 Å². The summed E-state index contributed by atoms with van der Waals surface area (Å²) in [6.07, 6.45) is 0.769. The van der Waals surface area contributed by atoms with E-state index in [-0.39, 0.29) is 11.9 Å². The number of halogens is 1. The van der Waals surface area contributed by atoms with E-state index in [0.29, 0.717) is 0 Å². The predicted octanol–water partition coefficient (Wildman–Crippen LogP) is 6.85. The summed E-state index contributed by atoms with van der Waals surface area (Å²) in [6.45, 7) is 0. The molecule has 0 amide bonds. The zero-order valence-corrected chi connectivity index (χ0v) is 16.4. The van der Waals surface area contributed by atoms with E-state index in [9.17, 15) is 4.39 Å². The van der Waals surface area contributed by atoms with E-state index in [0.717, 1.165) is 28.9 Å². The molecular formula is C27H21FN2. The first-order valence-corrected chi connectivity index (χ1v) is 10.1. The summed E-state index contributed by atoms with van der Waals surface area (Å²) in [5.74, 6) is -0.222. The first kappa shape index (κ1) is 18.3. The Labute approximate surface area is 175 Å². The number of hydrogen-bond donors (Lipinski definition) is 0. The smallest absolute Gasteiger partial charge is 0.123 e. The fourth-order valence-electron chi connectivity index (χ4n) is 3.93. The van der Waals surface area contributed by atoms with Crippen molar-refractivity contribution in [1.82, 2.24) is 0 Å². The molecule has 0 aliphatic carbocycles. The van der Waals surface area contributed by atoms with Crippen LogP contribution in [0.15, 0.2) is 114 Å². The van der Waals surface area contributed by atoms with Gasteiger partial charge in [-0.05, 0) is 46.5 Å². The fraction of sp³-hybridized carbons (Fsp3) is 0.0741. The van der Waals surface area contributed by atoms with E-state index >= 15 is 0 Å². The molecule has 0 saturated carbocycles. The van der Waals surface area contributed by atoms with Gasteiger partial charge < -0.3 is 0 Å². The Kier molecular flexibility index (Phi) is 4.86. The van der Waals surface area contributed by atoms with Crippen molar-refractivity contribution in [1.29, 1.82) is 0 Å². The number of benzene rings is 4. The minimum atomic E-state index is -0.222. The summed E-state index contributed by atoms with van der Waals surface area (Å²) < 4.78 is 13.5. The van der Waals surface area contributed by atoms with Crippen molar-refractivity contribution >= 4 is 11.4 Å². The lowest BCUT2D eigenvalue weighted by Gasteiger charge is -2.23. The molecule has 0 radical (unpaired) electrons. The van der Waals surface area contributed by atoms with Crippen LogP contribution in [0.3, 0.4) is 0 Å². The largest absolute Gasteiger partial charge is 0.257 e. The minimum absolute atomic E-state index is 0.0387. The zero-order chi connectivity index (χ0) is 20.3. The standard InChI is InChI=1S/C27H21FN2/c28-24-17-15-23(16-18-24)27-19-26(29-30(27)25-9-5-2-6-10-25)22-13-11-21(12-14-22)20-7-3-1-4-8-20/h1-18,27H,19H2. The lowest BCUT2D eigenvalue weighted by Crippen LogP contribution is -2.18. The molecule has 1 aliphatic heterocycles. The molecule has 0 bridgehead atoms. The van der Waals surface area contributed by atoms with Crippen molar-refractivity contribution in [2.24, 2.45) is 5.10 Å². The van der Waals surface area contributed by atoms with Gasteiger partial charge >= 0.3 is 0 Å². The molecule has 146 valence electrons. The SMILES string of the molecule is Fc1ccc(C2CC(c3ccc(-c4ccccc4)cc3)=NN2c2ccccc2)cc1. The van der Waals surface area contributed by atoms with Crippen LogP contribution in [0.25, 0.3) is 11.1 Å². The quantitative estimate of drug-likeness (QED) is 0.371. The third-order valence-corrected chi connectivity index (χ3v) is 5.51. The number of rotatable bonds is 4. The monoisotopic (exact) mass is 392 g/mol. The zero-order valence-electron chi connectivity index (χ0n) is 16.4. The Bertz CT molecular complexity index is 1150. The second-order valence-electron chi connectivity index (χ2n) is 7.44. The number of nitrogens with zero attached hydrogens (tertiary/aromatic N) is 2. The van der Waals surface area contributed by atoms with Gasteiger partial charge in [0.25, 0.3) is 0 Å². The van der Waals surface area contributed by atoms with Gasteiger partial charge in [-0.2, -0.15) is 5.10 Å². The Morgan fingerprint density at radius 1 is 0.633 bits per heavy atom. The molecule has 1 atom stereocenters. The van der Waals surface area contributed by atoms with Gasteiger partial charge in [0.1, 0.15) is 5.82 Å². The highest BCUT2D eigenvalue weighted by atomic mass is 19.1. The van der Waals surface area contributed by atoms with Crippen LogP contribution in [-0.4, -0.2) is 5.71 Å². The Morgan fingerprint density at radius 3 is 1.87 bits per heavy atom. The van der Waals surface area contributed by atoms with Gasteiger partial charge in [-0.15, -0.1) is 0 Å². The van der Waals surface area contributed by atoms with Crippen LogP contribution in [0.5, 0.6) is 0 Å². The molecule has 1 heterocycles. The number of para-hydroxylation sites is 1. The number of anilines is 1. The average Bonchev–Trinajstić information content (AvgIpc) is 3.26. The summed E-state index contributed by atoms with van der Waals surface area (Å²) in [7, 11) is 0. The third-order valence-electron chi connectivity index (χ3n) is 5.51. The number of hydrazone groups is 1. The molecule has 4 aromatic rings. The second kappa shape index (κ2) is 7.96. The molecule has 1 unspecified atom stereocenters. The van der Waals surface area contributed by atoms with E-state index in [1.165, 1.54) is 23.3 Å². The topological polar surface area (TPSA) is 15.6 Å². The Balaban J connectivity index is 1.48. The fourth-order valence-corrected chi connectivity index (χ4v) is 3.93. The van der Waals surface area contributed by atoms with E-state index in [1.54, 1.807) is 0 Å². The van der Waals surface area contributed by atoms with Gasteiger partial charge in [0, 0.05) is 6.42 Å². The van der Waals surface area contributed by atoms with Crippen LogP contribution in [0.1, 0.15) is 23.6 Å². The first-order chi connectivity index (χ1) is 14.8. The first-order valence-electron chi connectivity index (χ1n) is 10.1. The molecule has 0 fully saturated rings. The van der Waals surface area contributed by atoms with Gasteiger partial charge in [0.05, 0.1) is 17.4 Å². The Morgan fingerprint density at radius 2 is 1.20 bits per heavy atom. The molecule has 3 heteroatoms. The van der Waals surface area contributed by atoms with Gasteiger partial charge in [-0.3, -0.25) is 5.01 Å². The van der Waals surface area contributed by atoms with Gasteiger partial charge in [-0.25, -0.2) is 4.39 Å². The molecule has 1 aliphatic rings. The molecule has 0 saturated heterocycles. The van der Waals surface area contributed by atoms with Gasteiger partial charge in [0.2, 0.25) is 0 Å². The van der Waals surface area contributed by atoms with Crippen LogP contribution in [0, 0.1) is 5.82 Å². The lowest BCUT2D eigenvalue weighted by atomic mass is 9.96. The van der Waals surface area contributed by atoms with Gasteiger partial charge in [0.15, 0.2) is 0 Å². The Hall–Kier alpha value is -3.72. The van der Waals surface area contributed by atoms with E-state index in [1.807, 2.05) is 41.4 Å². The van der Waals surface area contributed by atoms with Crippen molar-refractivity contribution in [3.05, 3.63) is 126 Å². The van der Waals surface area contributed by atoms with Crippen LogP contribution >= 0.6 is 0 Å². The molecular weight excluding hydrogens is 371 g/mol. The maximum absolute atomic E-state index is 13.5. The summed E-state index contributed by atoms with van der Waals surface area (Å²) in [4.78, 5) is 0. The predicted molar refractivity (Wildman–Crippen MR) is 121 cm³/mol. The van der Waals surface area contributed by atoms with Crippen LogP contribution in [0.2, 0.25) is 0 Å². The van der Waals surface area contributed by atoms with Gasteiger partial charge in [-0.1, -0.05) is 84.9 Å². The van der Waals surface area contributed by atoms with E-state index in [2.05, 4.69) is 60.7 Å². The van der Waals surface area contributed by atoms with Crippen molar-refractivity contribution in [2.45, 2.75) is 12.5 Å². The normalized spacial score (nSPS) is 15.8. The molecule has 0 aromatic heterocycles. The van der Waals surface area contributed by atoms with Crippen LogP contribution < -0.4 is 5.01 Å². The minimum Gasteiger partial charge on any atom is -0.257 e. The van der Waals surface area contributed by atoms with Crippen molar-refractivity contribution in [3.63, 3.8) is 0 Å². The molecule has 5 rings (SSSR count). The second-order valence-corrected chi connectivity index (χ2v) is 7.44. The molecule has 4 aromatic carbocycles. The van der Waals surface area contributed by atoms with E-state index in [4.69, 9.17) is 5.10 Å². The summed E-state index contributed by atoms with van der Waals surface area (Å²) >= 11 is 0. The summed E-state index contributed by atoms with van der Waals surface area (Å²) in [6, 6.07) is 35.8. The molecule has 0 spiro atoms. The van der Waals surface area contributed by atoms with Crippen molar-refractivity contribution in [3.8, 4) is 11.1 Å². The van der Waals surface area contributed by atoms with Crippen molar-refractivity contribution in [2.75, 3.05) is 5.01 Å². The average molecular weight is 392 g/mol.